The van der Waals surface area contributed by atoms with E-state index in [0.717, 1.165) is 24.7 Å². The molecule has 0 amide bonds. The van der Waals surface area contributed by atoms with Gasteiger partial charge in [-0.05, 0) is 37.5 Å². The van der Waals surface area contributed by atoms with Crippen LogP contribution in [0.15, 0.2) is 35.5 Å². The van der Waals surface area contributed by atoms with Gasteiger partial charge in [0.25, 0.3) is 0 Å². The second-order valence-corrected chi connectivity index (χ2v) is 6.44. The van der Waals surface area contributed by atoms with Crippen molar-refractivity contribution in [2.45, 2.75) is 64.2 Å². The Balaban J connectivity index is 0.000000372. The minimum absolute atomic E-state index is 0. The van der Waals surface area contributed by atoms with E-state index in [1.54, 1.807) is 0 Å². The summed E-state index contributed by atoms with van der Waals surface area (Å²) < 4.78 is 0. The molecule has 0 aliphatic heterocycles. The Morgan fingerprint density at radius 1 is 0.652 bits per heavy atom. The normalized spacial score (nSPS) is 22.4. The van der Waals surface area contributed by atoms with Gasteiger partial charge in [-0.15, -0.1) is 12.8 Å². The van der Waals surface area contributed by atoms with Gasteiger partial charge in [-0.3, -0.25) is 12.2 Å². The topological polar surface area (TPSA) is 0 Å². The maximum Gasteiger partial charge on any atom is 4.00 e. The Morgan fingerprint density at radius 3 is 1.26 bits per heavy atom. The van der Waals surface area contributed by atoms with E-state index in [2.05, 4.69) is 36.5 Å². The second-order valence-electron chi connectivity index (χ2n) is 6.44. The van der Waals surface area contributed by atoms with Gasteiger partial charge in [0.1, 0.15) is 0 Å². The summed E-state index contributed by atoms with van der Waals surface area (Å²) in [5.41, 5.74) is 3.00. The van der Waals surface area contributed by atoms with Crippen molar-refractivity contribution in [3.8, 4) is 0 Å². The molecule has 0 nitrogen and oxygen atoms in total. The molecule has 0 radical (unpaired) electrons. The Labute approximate surface area is 169 Å². The number of hydrogen-bond donors (Lipinski definition) is 0. The maximum absolute atomic E-state index is 3.40. The van der Waals surface area contributed by atoms with Crippen molar-refractivity contribution < 1.29 is 46.5 Å². The molecule has 124 valence electrons. The third-order valence-corrected chi connectivity index (χ3v) is 5.03. The molecule has 0 bridgehead atoms. The van der Waals surface area contributed by atoms with Crippen LogP contribution in [0.1, 0.15) is 64.2 Å². The summed E-state index contributed by atoms with van der Waals surface area (Å²) in [4.78, 5) is 0. The first-order valence-electron chi connectivity index (χ1n) is 8.48. The molecule has 0 aromatic carbocycles. The van der Waals surface area contributed by atoms with Crippen molar-refractivity contribution in [2.24, 2.45) is 11.8 Å². The first-order valence-corrected chi connectivity index (χ1v) is 8.48. The third-order valence-electron chi connectivity index (χ3n) is 5.03. The van der Waals surface area contributed by atoms with Crippen molar-refractivity contribution in [1.82, 2.24) is 0 Å². The van der Waals surface area contributed by atoms with Gasteiger partial charge in [-0.25, -0.2) is 23.3 Å². The Kier molecular flexibility index (Phi) is 12.7. The van der Waals surface area contributed by atoms with Crippen LogP contribution in [0.3, 0.4) is 0 Å². The Hall–Kier alpha value is 0.254. The molecule has 2 fully saturated rings. The average molecular weight is 385 g/mol. The monoisotopic (exact) mass is 384 g/mol. The van der Waals surface area contributed by atoms with E-state index in [1.165, 1.54) is 62.5 Å². The van der Waals surface area contributed by atoms with Crippen molar-refractivity contribution >= 4 is 0 Å². The molecule has 0 saturated heterocycles. The zero-order valence-electron chi connectivity index (χ0n) is 13.8. The zero-order chi connectivity index (χ0) is 13.6. The van der Waals surface area contributed by atoms with Crippen molar-refractivity contribution in [3.05, 3.63) is 47.6 Å². The standard InChI is InChI=1S/2C10H13.2ClH.Ti/c2*1-2-6-9(5-1)10-7-3-4-8-10;;;/h2*1,5,10H,2-4,7-8H2;2*1H;/q2*-1;;;+4/p-2. The predicted molar refractivity (Wildman–Crippen MR) is 84.9 cm³/mol. The summed E-state index contributed by atoms with van der Waals surface area (Å²) in [7, 11) is 0. The molecule has 2 saturated carbocycles. The predicted octanol–water partition coefficient (Wildman–Crippen LogP) is -0.262. The quantitative estimate of drug-likeness (QED) is 0.454. The molecule has 0 heterocycles. The molecular weight excluding hydrogens is 359 g/mol. The molecule has 4 aliphatic rings. The summed E-state index contributed by atoms with van der Waals surface area (Å²) in [6.07, 6.45) is 29.3. The minimum atomic E-state index is 0. The van der Waals surface area contributed by atoms with E-state index >= 15 is 0 Å². The third kappa shape index (κ3) is 6.95. The fraction of sp³-hybridized carbons (Fsp3) is 0.600. The van der Waals surface area contributed by atoms with Crippen LogP contribution in [0.4, 0.5) is 0 Å². The van der Waals surface area contributed by atoms with Crippen LogP contribution in [-0.4, -0.2) is 0 Å². The van der Waals surface area contributed by atoms with Crippen molar-refractivity contribution in [3.63, 3.8) is 0 Å². The Bertz CT molecular complexity index is 395. The van der Waals surface area contributed by atoms with Crippen molar-refractivity contribution in [2.75, 3.05) is 0 Å². The van der Waals surface area contributed by atoms with E-state index in [-0.39, 0.29) is 46.5 Å². The molecule has 0 N–H and O–H groups in total. The van der Waals surface area contributed by atoms with Crippen LogP contribution in [0.5, 0.6) is 0 Å². The van der Waals surface area contributed by atoms with Gasteiger partial charge in [0, 0.05) is 0 Å². The Morgan fingerprint density at radius 2 is 1.00 bits per heavy atom. The van der Waals surface area contributed by atoms with E-state index in [1.807, 2.05) is 0 Å². The fourth-order valence-corrected chi connectivity index (χ4v) is 3.88. The molecular formula is C20H26Cl2Ti. The fourth-order valence-electron chi connectivity index (χ4n) is 3.88. The summed E-state index contributed by atoms with van der Waals surface area (Å²) in [5.74, 6) is 1.75. The van der Waals surface area contributed by atoms with E-state index in [0.29, 0.717) is 0 Å². The molecule has 0 atom stereocenters. The molecule has 0 spiro atoms. The van der Waals surface area contributed by atoms with Gasteiger partial charge in [0.05, 0.1) is 0 Å². The van der Waals surface area contributed by atoms with Gasteiger partial charge in [-0.2, -0.15) is 12.2 Å². The summed E-state index contributed by atoms with van der Waals surface area (Å²) in [6.45, 7) is 0. The van der Waals surface area contributed by atoms with Crippen LogP contribution in [-0.2, 0) is 21.7 Å². The maximum atomic E-state index is 3.40. The van der Waals surface area contributed by atoms with Crippen LogP contribution in [0.2, 0.25) is 0 Å². The summed E-state index contributed by atoms with van der Waals surface area (Å²) in [5, 5.41) is 0. The molecule has 0 aromatic rings. The van der Waals surface area contributed by atoms with Gasteiger partial charge in [-0.1, -0.05) is 25.7 Å². The van der Waals surface area contributed by atoms with Gasteiger partial charge >= 0.3 is 21.7 Å². The first kappa shape index (κ1) is 23.3. The van der Waals surface area contributed by atoms with Gasteiger partial charge in [0.15, 0.2) is 0 Å². The van der Waals surface area contributed by atoms with Gasteiger partial charge < -0.3 is 24.8 Å². The zero-order valence-corrected chi connectivity index (χ0v) is 16.9. The van der Waals surface area contributed by atoms with Crippen LogP contribution < -0.4 is 24.8 Å². The number of hydrogen-bond acceptors (Lipinski definition) is 0. The number of rotatable bonds is 2. The summed E-state index contributed by atoms with van der Waals surface area (Å²) >= 11 is 0. The van der Waals surface area contributed by atoms with E-state index in [9.17, 15) is 0 Å². The molecule has 0 aromatic heterocycles. The smallest absolute Gasteiger partial charge is 1.00 e. The molecule has 4 rings (SSSR count). The van der Waals surface area contributed by atoms with Crippen LogP contribution >= 0.6 is 0 Å². The SMILES string of the molecule is [C-]1=C(C2CCCC2)C=CC1.[C-]1=C(C2CCCC2)C=CC1.[Cl-].[Cl-].[Ti+4]. The van der Waals surface area contributed by atoms with Gasteiger partial charge in [0.2, 0.25) is 0 Å². The molecule has 4 aliphatic carbocycles. The number of halogens is 2. The second kappa shape index (κ2) is 12.6. The van der Waals surface area contributed by atoms with E-state index in [4.69, 9.17) is 0 Å². The number of allylic oxidation sites excluding steroid dienone is 8. The molecule has 23 heavy (non-hydrogen) atoms. The largest absolute Gasteiger partial charge is 4.00 e. The average Bonchev–Trinajstić information content (AvgIpc) is 3.29. The van der Waals surface area contributed by atoms with Crippen molar-refractivity contribution in [1.29, 1.82) is 0 Å². The van der Waals surface area contributed by atoms with Crippen LogP contribution in [0, 0.1) is 24.0 Å². The molecule has 3 heteroatoms. The molecule has 0 unspecified atom stereocenters. The summed E-state index contributed by atoms with van der Waals surface area (Å²) in [6, 6.07) is 0. The van der Waals surface area contributed by atoms with Crippen LogP contribution in [0.25, 0.3) is 0 Å². The first-order chi connectivity index (χ1) is 9.93. The minimum Gasteiger partial charge on any atom is -1.00 e. The van der Waals surface area contributed by atoms with E-state index < -0.39 is 0 Å².